The second-order valence-electron chi connectivity index (χ2n) is 8.15. The molecule has 1 fully saturated rings. The average molecular weight is 390 g/mol. The molecule has 150 valence electrons. The van der Waals surface area contributed by atoms with Crippen molar-refractivity contribution in [3.05, 3.63) is 70.3 Å². The molecule has 1 aliphatic carbocycles. The standard InChI is InChI=1S/C24H26N2O3/c1-16-5-8-18(9-6-16)15-26(19-10-11-19)22(27)4-3-13-25-23(28)20-12-7-17(2)14-21(20)24(25)29/h5-9,12,14,19H,3-4,10-11,13,15H2,1-2H3. The molecule has 1 saturated carbocycles. The van der Waals surface area contributed by atoms with Crippen LogP contribution in [-0.2, 0) is 11.3 Å². The van der Waals surface area contributed by atoms with Gasteiger partial charge in [-0.1, -0.05) is 41.5 Å². The van der Waals surface area contributed by atoms with Crippen LogP contribution >= 0.6 is 0 Å². The second kappa shape index (κ2) is 7.82. The first-order chi connectivity index (χ1) is 13.9. The number of benzene rings is 2. The van der Waals surface area contributed by atoms with Crippen molar-refractivity contribution >= 4 is 17.7 Å². The van der Waals surface area contributed by atoms with Gasteiger partial charge in [-0.25, -0.2) is 0 Å². The van der Waals surface area contributed by atoms with Gasteiger partial charge >= 0.3 is 0 Å². The van der Waals surface area contributed by atoms with Crippen LogP contribution in [0.1, 0.15) is 63.1 Å². The minimum atomic E-state index is -0.254. The molecule has 1 aliphatic heterocycles. The van der Waals surface area contributed by atoms with Crippen LogP contribution in [0.4, 0.5) is 0 Å². The Morgan fingerprint density at radius 2 is 1.62 bits per heavy atom. The predicted molar refractivity (Wildman–Crippen MR) is 111 cm³/mol. The van der Waals surface area contributed by atoms with Crippen LogP contribution in [0.25, 0.3) is 0 Å². The molecule has 0 unspecified atom stereocenters. The number of carbonyl (C=O) groups excluding carboxylic acids is 3. The van der Waals surface area contributed by atoms with E-state index in [1.54, 1.807) is 12.1 Å². The van der Waals surface area contributed by atoms with Crippen LogP contribution in [0, 0.1) is 13.8 Å². The van der Waals surface area contributed by atoms with E-state index < -0.39 is 0 Å². The zero-order valence-corrected chi connectivity index (χ0v) is 17.0. The number of nitrogens with zero attached hydrogens (tertiary/aromatic N) is 2. The van der Waals surface area contributed by atoms with Crippen molar-refractivity contribution < 1.29 is 14.4 Å². The first-order valence-corrected chi connectivity index (χ1v) is 10.3. The van der Waals surface area contributed by atoms with Crippen molar-refractivity contribution in [2.45, 2.75) is 52.1 Å². The Hall–Kier alpha value is -2.95. The van der Waals surface area contributed by atoms with Gasteiger partial charge in [0.25, 0.3) is 11.8 Å². The summed E-state index contributed by atoms with van der Waals surface area (Å²) in [5.74, 6) is -0.406. The normalized spacial score (nSPS) is 15.6. The number of fused-ring (bicyclic) bond motifs is 1. The summed E-state index contributed by atoms with van der Waals surface area (Å²) in [6, 6.07) is 13.9. The molecule has 0 bridgehead atoms. The van der Waals surface area contributed by atoms with E-state index >= 15 is 0 Å². The van der Waals surface area contributed by atoms with Crippen LogP contribution in [0.3, 0.4) is 0 Å². The molecule has 2 aliphatic rings. The highest BCUT2D eigenvalue weighted by molar-refractivity contribution is 6.21. The third-order valence-electron chi connectivity index (χ3n) is 5.68. The summed E-state index contributed by atoms with van der Waals surface area (Å²) < 4.78 is 0. The van der Waals surface area contributed by atoms with Gasteiger partial charge < -0.3 is 4.90 Å². The zero-order valence-electron chi connectivity index (χ0n) is 17.0. The minimum absolute atomic E-state index is 0.0977. The Kier molecular flexibility index (Phi) is 5.22. The molecule has 0 atom stereocenters. The van der Waals surface area contributed by atoms with E-state index in [9.17, 15) is 14.4 Å². The molecule has 29 heavy (non-hydrogen) atoms. The summed E-state index contributed by atoms with van der Waals surface area (Å²) in [5, 5.41) is 0. The van der Waals surface area contributed by atoms with Gasteiger partial charge in [-0.3, -0.25) is 19.3 Å². The van der Waals surface area contributed by atoms with Crippen molar-refractivity contribution in [1.29, 1.82) is 0 Å². The number of amides is 3. The van der Waals surface area contributed by atoms with E-state index in [1.807, 2.05) is 24.8 Å². The predicted octanol–water partition coefficient (Wildman–Crippen LogP) is 3.87. The summed E-state index contributed by atoms with van der Waals surface area (Å²) in [5.41, 5.74) is 4.23. The third kappa shape index (κ3) is 4.09. The number of carbonyl (C=O) groups is 3. The maximum absolute atomic E-state index is 12.8. The summed E-state index contributed by atoms with van der Waals surface area (Å²) in [4.78, 5) is 41.2. The van der Waals surface area contributed by atoms with Gasteiger partial charge in [0.1, 0.15) is 0 Å². The van der Waals surface area contributed by atoms with E-state index in [0.717, 1.165) is 24.0 Å². The number of imide groups is 1. The Bertz CT molecular complexity index is 961. The van der Waals surface area contributed by atoms with Crippen molar-refractivity contribution in [3.8, 4) is 0 Å². The molecule has 3 amide bonds. The fraction of sp³-hybridized carbons (Fsp3) is 0.375. The Labute approximate surface area is 171 Å². The summed E-state index contributed by atoms with van der Waals surface area (Å²) in [6.07, 6.45) is 2.93. The number of hydrogen-bond donors (Lipinski definition) is 0. The molecule has 5 nitrogen and oxygen atoms in total. The zero-order chi connectivity index (χ0) is 20.5. The smallest absolute Gasteiger partial charge is 0.261 e. The lowest BCUT2D eigenvalue weighted by Gasteiger charge is -2.23. The lowest BCUT2D eigenvalue weighted by Crippen LogP contribution is -2.34. The fourth-order valence-electron chi connectivity index (χ4n) is 3.84. The average Bonchev–Trinajstić information content (AvgIpc) is 3.51. The Morgan fingerprint density at radius 1 is 0.966 bits per heavy atom. The highest BCUT2D eigenvalue weighted by atomic mass is 16.2. The van der Waals surface area contributed by atoms with E-state index in [1.165, 1.54) is 10.5 Å². The molecule has 0 aromatic heterocycles. The van der Waals surface area contributed by atoms with Crippen LogP contribution in [0.2, 0.25) is 0 Å². The van der Waals surface area contributed by atoms with Gasteiger partial charge in [0.2, 0.25) is 5.91 Å². The van der Waals surface area contributed by atoms with E-state index in [0.29, 0.717) is 36.6 Å². The van der Waals surface area contributed by atoms with E-state index in [2.05, 4.69) is 24.3 Å². The number of aryl methyl sites for hydroxylation is 2. The molecular weight excluding hydrogens is 364 g/mol. The van der Waals surface area contributed by atoms with Crippen LogP contribution in [-0.4, -0.2) is 40.1 Å². The molecule has 0 saturated heterocycles. The van der Waals surface area contributed by atoms with Crippen molar-refractivity contribution in [2.75, 3.05) is 6.54 Å². The van der Waals surface area contributed by atoms with Crippen LogP contribution < -0.4 is 0 Å². The van der Waals surface area contributed by atoms with Crippen LogP contribution in [0.5, 0.6) is 0 Å². The lowest BCUT2D eigenvalue weighted by atomic mass is 10.1. The molecular formula is C24H26N2O3. The maximum Gasteiger partial charge on any atom is 0.261 e. The number of rotatable bonds is 7. The SMILES string of the molecule is Cc1ccc(CN(C(=O)CCCN2C(=O)c3ccc(C)cc3C2=O)C2CC2)cc1. The Morgan fingerprint density at radius 3 is 2.31 bits per heavy atom. The summed E-state index contributed by atoms with van der Waals surface area (Å²) in [6.45, 7) is 4.85. The van der Waals surface area contributed by atoms with Gasteiger partial charge in [-0.2, -0.15) is 0 Å². The lowest BCUT2D eigenvalue weighted by molar-refractivity contribution is -0.132. The maximum atomic E-state index is 12.8. The molecule has 4 rings (SSSR count). The second-order valence-corrected chi connectivity index (χ2v) is 8.15. The summed E-state index contributed by atoms with van der Waals surface area (Å²) >= 11 is 0. The molecule has 5 heteroatoms. The van der Waals surface area contributed by atoms with Gasteiger partial charge in [-0.05, 0) is 50.8 Å². The van der Waals surface area contributed by atoms with Gasteiger partial charge in [0.05, 0.1) is 11.1 Å². The molecule has 1 heterocycles. The monoisotopic (exact) mass is 390 g/mol. The first-order valence-electron chi connectivity index (χ1n) is 10.3. The highest BCUT2D eigenvalue weighted by Gasteiger charge is 2.36. The molecule has 2 aromatic carbocycles. The van der Waals surface area contributed by atoms with Gasteiger partial charge in [-0.15, -0.1) is 0 Å². The third-order valence-corrected chi connectivity index (χ3v) is 5.68. The van der Waals surface area contributed by atoms with Crippen molar-refractivity contribution in [3.63, 3.8) is 0 Å². The van der Waals surface area contributed by atoms with Gasteiger partial charge in [0.15, 0.2) is 0 Å². The highest BCUT2D eigenvalue weighted by Crippen LogP contribution is 2.29. The van der Waals surface area contributed by atoms with E-state index in [4.69, 9.17) is 0 Å². The van der Waals surface area contributed by atoms with Crippen molar-refractivity contribution in [1.82, 2.24) is 9.80 Å². The number of hydrogen-bond acceptors (Lipinski definition) is 3. The fourth-order valence-corrected chi connectivity index (χ4v) is 3.84. The first kappa shape index (κ1) is 19.4. The summed E-state index contributed by atoms with van der Waals surface area (Å²) in [7, 11) is 0. The quantitative estimate of drug-likeness (QED) is 0.675. The van der Waals surface area contributed by atoms with Crippen LogP contribution in [0.15, 0.2) is 42.5 Å². The molecule has 0 spiro atoms. The Balaban J connectivity index is 1.35. The topological polar surface area (TPSA) is 57.7 Å². The molecule has 2 aromatic rings. The van der Waals surface area contributed by atoms with Gasteiger partial charge in [0, 0.05) is 25.6 Å². The van der Waals surface area contributed by atoms with E-state index in [-0.39, 0.29) is 24.3 Å². The molecule has 0 N–H and O–H groups in total. The molecule has 0 radical (unpaired) electrons. The van der Waals surface area contributed by atoms with Crippen molar-refractivity contribution in [2.24, 2.45) is 0 Å². The largest absolute Gasteiger partial charge is 0.335 e. The minimum Gasteiger partial charge on any atom is -0.335 e.